The summed E-state index contributed by atoms with van der Waals surface area (Å²) in [5.41, 5.74) is 1.89. The maximum absolute atomic E-state index is 11.2. The van der Waals surface area contributed by atoms with E-state index in [1.165, 1.54) is 0 Å². The second-order valence-electron chi connectivity index (χ2n) is 4.72. The van der Waals surface area contributed by atoms with Gasteiger partial charge < -0.3 is 14.7 Å². The van der Waals surface area contributed by atoms with Crippen LogP contribution in [0.1, 0.15) is 5.56 Å². The second-order valence-corrected chi connectivity index (χ2v) is 4.72. The lowest BCUT2D eigenvalue weighted by atomic mass is 10.2. The van der Waals surface area contributed by atoms with Gasteiger partial charge in [-0.25, -0.2) is 9.78 Å². The summed E-state index contributed by atoms with van der Waals surface area (Å²) in [6, 6.07) is 11.2. The number of aliphatic carboxylic acids is 1. The highest BCUT2D eigenvalue weighted by Gasteiger charge is 2.31. The van der Waals surface area contributed by atoms with Crippen molar-refractivity contribution in [3.8, 4) is 5.75 Å². The molecular weight excluding hydrogens is 256 g/mol. The summed E-state index contributed by atoms with van der Waals surface area (Å²) in [6.07, 6.45) is 0.872. The number of nitrogens with zero attached hydrogens (tertiary/aromatic N) is 2. The van der Waals surface area contributed by atoms with Crippen LogP contribution in [-0.4, -0.2) is 28.7 Å². The molecule has 0 amide bonds. The van der Waals surface area contributed by atoms with Gasteiger partial charge in [0, 0.05) is 6.20 Å². The number of hydrogen-bond acceptors (Lipinski definition) is 4. The smallest absolute Gasteiger partial charge is 0.346 e. The zero-order chi connectivity index (χ0) is 14.1. The Morgan fingerprint density at radius 2 is 2.15 bits per heavy atom. The van der Waals surface area contributed by atoms with Gasteiger partial charge in [-0.15, -0.1) is 0 Å². The van der Waals surface area contributed by atoms with Crippen LogP contribution >= 0.6 is 0 Å². The molecule has 1 aliphatic rings. The molecule has 2 aromatic rings. The predicted octanol–water partition coefficient (Wildman–Crippen LogP) is 2.37. The normalized spacial score (nSPS) is 17.2. The minimum absolute atomic E-state index is 0.238. The van der Waals surface area contributed by atoms with E-state index in [1.54, 1.807) is 12.3 Å². The summed E-state index contributed by atoms with van der Waals surface area (Å²) in [5, 5.41) is 9.20. The van der Waals surface area contributed by atoms with E-state index in [-0.39, 0.29) is 6.54 Å². The topological polar surface area (TPSA) is 62.7 Å². The van der Waals surface area contributed by atoms with Crippen molar-refractivity contribution in [1.82, 2.24) is 4.98 Å². The first-order valence-corrected chi connectivity index (χ1v) is 6.34. The molecular formula is C15H14N2O3. The molecule has 20 heavy (non-hydrogen) atoms. The number of carbonyl (C=O) groups is 1. The molecule has 0 saturated heterocycles. The van der Waals surface area contributed by atoms with Crippen LogP contribution in [0.25, 0.3) is 0 Å². The number of rotatable bonds is 2. The van der Waals surface area contributed by atoms with Gasteiger partial charge in [0.15, 0.2) is 0 Å². The quantitative estimate of drug-likeness (QED) is 0.907. The summed E-state index contributed by atoms with van der Waals surface area (Å²) >= 11 is 0. The Kier molecular flexibility index (Phi) is 3.02. The van der Waals surface area contributed by atoms with Gasteiger partial charge in [-0.05, 0) is 30.7 Å². The number of aryl methyl sites for hydroxylation is 1. The molecule has 102 valence electrons. The molecule has 3 rings (SSSR count). The zero-order valence-corrected chi connectivity index (χ0v) is 11.0. The van der Waals surface area contributed by atoms with E-state index in [9.17, 15) is 9.90 Å². The molecule has 5 heteroatoms. The maximum Gasteiger partial charge on any atom is 0.346 e. The van der Waals surface area contributed by atoms with Gasteiger partial charge >= 0.3 is 5.97 Å². The highest BCUT2D eigenvalue weighted by Crippen LogP contribution is 2.37. The van der Waals surface area contributed by atoms with E-state index in [0.717, 1.165) is 17.1 Å². The Labute approximate surface area is 116 Å². The first kappa shape index (κ1) is 12.5. The lowest BCUT2D eigenvalue weighted by Crippen LogP contribution is -2.42. The second kappa shape index (κ2) is 4.85. The van der Waals surface area contributed by atoms with Crippen LogP contribution < -0.4 is 9.64 Å². The highest BCUT2D eigenvalue weighted by atomic mass is 16.5. The van der Waals surface area contributed by atoms with Crippen molar-refractivity contribution < 1.29 is 14.6 Å². The first-order chi connectivity index (χ1) is 9.65. The van der Waals surface area contributed by atoms with Gasteiger partial charge in [0.1, 0.15) is 11.6 Å². The van der Waals surface area contributed by atoms with Gasteiger partial charge in [0.05, 0.1) is 12.2 Å². The van der Waals surface area contributed by atoms with E-state index in [4.69, 9.17) is 4.74 Å². The third-order valence-corrected chi connectivity index (χ3v) is 3.22. The molecule has 5 nitrogen and oxygen atoms in total. The van der Waals surface area contributed by atoms with E-state index >= 15 is 0 Å². The number of hydrogen-bond donors (Lipinski definition) is 1. The Morgan fingerprint density at radius 1 is 1.35 bits per heavy atom. The van der Waals surface area contributed by atoms with Crippen LogP contribution in [0.4, 0.5) is 11.5 Å². The van der Waals surface area contributed by atoms with Crippen LogP contribution in [-0.2, 0) is 4.79 Å². The number of pyridine rings is 1. The number of benzene rings is 1. The van der Waals surface area contributed by atoms with Gasteiger partial charge in [0.25, 0.3) is 0 Å². The molecule has 1 aliphatic heterocycles. The molecule has 0 bridgehead atoms. The number of ether oxygens (including phenoxy) is 1. The summed E-state index contributed by atoms with van der Waals surface area (Å²) in [7, 11) is 0. The molecule has 2 heterocycles. The minimum Gasteiger partial charge on any atom is -0.478 e. The molecule has 0 aliphatic carbocycles. The van der Waals surface area contributed by atoms with Crippen molar-refractivity contribution >= 4 is 17.5 Å². The van der Waals surface area contributed by atoms with Gasteiger partial charge in [-0.2, -0.15) is 0 Å². The molecule has 0 fully saturated rings. The van der Waals surface area contributed by atoms with E-state index in [1.807, 2.05) is 42.2 Å². The van der Waals surface area contributed by atoms with Crippen molar-refractivity contribution in [2.45, 2.75) is 13.0 Å². The van der Waals surface area contributed by atoms with Crippen molar-refractivity contribution in [2.75, 3.05) is 11.4 Å². The van der Waals surface area contributed by atoms with Crippen molar-refractivity contribution in [1.29, 1.82) is 0 Å². The number of carboxylic acid groups (broad SMARTS) is 1. The number of carboxylic acids is 1. The SMILES string of the molecule is Cc1ccc(N2CC(C(=O)O)Oc3ccccc32)nc1. The number of fused-ring (bicyclic) bond motifs is 1. The summed E-state index contributed by atoms with van der Waals surface area (Å²) in [4.78, 5) is 17.5. The van der Waals surface area contributed by atoms with Crippen molar-refractivity contribution in [2.24, 2.45) is 0 Å². The Balaban J connectivity index is 2.04. The van der Waals surface area contributed by atoms with E-state index in [0.29, 0.717) is 5.75 Å². The van der Waals surface area contributed by atoms with Gasteiger partial charge in [-0.3, -0.25) is 0 Å². The van der Waals surface area contributed by atoms with Gasteiger partial charge in [0.2, 0.25) is 6.10 Å². The fraction of sp³-hybridized carbons (Fsp3) is 0.200. The highest BCUT2D eigenvalue weighted by molar-refractivity contribution is 5.78. The first-order valence-electron chi connectivity index (χ1n) is 6.34. The summed E-state index contributed by atoms with van der Waals surface area (Å²) in [6.45, 7) is 2.20. The molecule has 1 N–H and O–H groups in total. The van der Waals surface area contributed by atoms with Crippen LogP contribution in [0, 0.1) is 6.92 Å². The average Bonchev–Trinajstić information content (AvgIpc) is 2.47. The summed E-state index contributed by atoms with van der Waals surface area (Å²) in [5.74, 6) is 0.308. The molecule has 1 atom stereocenters. The third kappa shape index (κ3) is 2.18. The Bertz CT molecular complexity index is 640. The molecule has 1 aromatic heterocycles. The zero-order valence-electron chi connectivity index (χ0n) is 11.0. The lowest BCUT2D eigenvalue weighted by molar-refractivity contribution is -0.144. The standard InChI is InChI=1S/C15H14N2O3/c1-10-6-7-14(16-8-10)17-9-13(15(18)19)20-12-5-3-2-4-11(12)17/h2-8,13H,9H2,1H3,(H,18,19). The molecule has 0 saturated carbocycles. The van der Waals surface area contributed by atoms with Crippen LogP contribution in [0.3, 0.4) is 0 Å². The van der Waals surface area contributed by atoms with Crippen molar-refractivity contribution in [3.05, 3.63) is 48.2 Å². The maximum atomic E-state index is 11.2. The largest absolute Gasteiger partial charge is 0.478 e. The fourth-order valence-corrected chi connectivity index (χ4v) is 2.20. The molecule has 1 unspecified atom stereocenters. The van der Waals surface area contributed by atoms with E-state index in [2.05, 4.69) is 4.98 Å². The van der Waals surface area contributed by atoms with Crippen LogP contribution in [0.2, 0.25) is 0 Å². The lowest BCUT2D eigenvalue weighted by Gasteiger charge is -2.33. The molecule has 0 spiro atoms. The fourth-order valence-electron chi connectivity index (χ4n) is 2.20. The number of anilines is 2. The Morgan fingerprint density at radius 3 is 2.85 bits per heavy atom. The van der Waals surface area contributed by atoms with Gasteiger partial charge in [-0.1, -0.05) is 18.2 Å². The summed E-state index contributed by atoms with van der Waals surface area (Å²) < 4.78 is 5.50. The Hall–Kier alpha value is -2.56. The van der Waals surface area contributed by atoms with Crippen LogP contribution in [0.15, 0.2) is 42.6 Å². The molecule has 1 aromatic carbocycles. The number of para-hydroxylation sites is 2. The van der Waals surface area contributed by atoms with E-state index < -0.39 is 12.1 Å². The van der Waals surface area contributed by atoms with Crippen LogP contribution in [0.5, 0.6) is 5.75 Å². The van der Waals surface area contributed by atoms with Crippen molar-refractivity contribution in [3.63, 3.8) is 0 Å². The predicted molar refractivity (Wildman–Crippen MR) is 74.5 cm³/mol. The third-order valence-electron chi connectivity index (χ3n) is 3.22. The number of aromatic nitrogens is 1. The monoisotopic (exact) mass is 270 g/mol. The molecule has 0 radical (unpaired) electrons. The average molecular weight is 270 g/mol. The minimum atomic E-state index is -0.975.